The molecule has 11 heteroatoms. The molecule has 0 aliphatic carbocycles. The fraction of sp³-hybridized carbons (Fsp3) is 0.967. The molecule has 2 unspecified atom stereocenters. The normalized spacial score (nSPS) is 48.4. The van der Waals surface area contributed by atoms with Crippen molar-refractivity contribution in [3.05, 3.63) is 0 Å². The smallest absolute Gasteiger partial charge is 0.311 e. The Morgan fingerprint density at radius 1 is 1.05 bits per heavy atom. The van der Waals surface area contributed by atoms with Gasteiger partial charge in [-0.15, -0.1) is 0 Å². The van der Waals surface area contributed by atoms with Gasteiger partial charge in [-0.05, 0) is 80.9 Å². The number of aliphatic hydroxyl groups excluding tert-OH is 3. The van der Waals surface area contributed by atoms with Crippen molar-refractivity contribution in [1.82, 2.24) is 9.80 Å². The van der Waals surface area contributed by atoms with Crippen LogP contribution >= 0.6 is 0 Å². The Bertz CT molecular complexity index is 841. The first-order valence-corrected chi connectivity index (χ1v) is 15.1. The van der Waals surface area contributed by atoms with Crippen molar-refractivity contribution < 1.29 is 44.5 Å². The summed E-state index contributed by atoms with van der Waals surface area (Å²) < 4.78 is 18.1. The van der Waals surface area contributed by atoms with Crippen LogP contribution in [0.25, 0.3) is 0 Å². The number of nitrogens with zero attached hydrogens (tertiary/aromatic N) is 2. The van der Waals surface area contributed by atoms with E-state index >= 15 is 0 Å². The Kier molecular flexibility index (Phi) is 12.6. The van der Waals surface area contributed by atoms with Crippen LogP contribution in [0.1, 0.15) is 74.7 Å². The summed E-state index contributed by atoms with van der Waals surface area (Å²) in [4.78, 5) is 17.1. The van der Waals surface area contributed by atoms with Crippen LogP contribution in [0.15, 0.2) is 0 Å². The van der Waals surface area contributed by atoms with Crippen molar-refractivity contribution in [3.63, 3.8) is 0 Å². The second kappa shape index (κ2) is 14.3. The fourth-order valence-electron chi connectivity index (χ4n) is 6.74. The minimum Gasteiger partial charge on any atom is -0.459 e. The van der Waals surface area contributed by atoms with Gasteiger partial charge in [0.1, 0.15) is 23.9 Å². The third-order valence-electron chi connectivity index (χ3n) is 9.46. The van der Waals surface area contributed by atoms with E-state index in [0.717, 1.165) is 0 Å². The summed E-state index contributed by atoms with van der Waals surface area (Å²) in [5.74, 6) is -2.65. The second-order valence-corrected chi connectivity index (χ2v) is 13.6. The number of carbonyl (C=O) groups excluding carboxylic acids is 1. The molecule has 2 aliphatic rings. The molecule has 2 saturated heterocycles. The summed E-state index contributed by atoms with van der Waals surface area (Å²) in [6.45, 7) is 14.2. The largest absolute Gasteiger partial charge is 0.459 e. The molecular formula is C30H58N2O9. The number of aliphatic hydroxyl groups is 5. The van der Waals surface area contributed by atoms with Crippen LogP contribution in [0.3, 0.4) is 0 Å². The average Bonchev–Trinajstić information content (AvgIpc) is 2.87. The molecule has 14 atom stereocenters. The number of esters is 1. The van der Waals surface area contributed by atoms with Crippen LogP contribution < -0.4 is 0 Å². The first-order valence-electron chi connectivity index (χ1n) is 15.1. The van der Waals surface area contributed by atoms with Crippen LogP contribution in [0.5, 0.6) is 0 Å². The summed E-state index contributed by atoms with van der Waals surface area (Å²) in [6.07, 6.45) is -5.74. The highest BCUT2D eigenvalue weighted by Crippen LogP contribution is 2.36. The summed E-state index contributed by atoms with van der Waals surface area (Å²) in [5, 5.41) is 57.0. The number of rotatable bonds is 4. The van der Waals surface area contributed by atoms with E-state index in [9.17, 15) is 30.3 Å². The van der Waals surface area contributed by atoms with Gasteiger partial charge in [-0.2, -0.15) is 0 Å². The molecule has 0 amide bonds. The molecule has 0 bridgehead atoms. The standard InChI is InChI=1S/C30H58N2O9/c1-12-22-30(8,38)25(35)20(6)32(11)15-16(2)14-29(7,37)26(18(4)23(33)19(5)27(36)40-22)41-28-24(34)21(31(9)10)13-17(3)39-28/h16-26,28,33-35,37-38H,12-15H2,1-11H3/t16-,17-,18?,19-,20-,21+,22-,23+,24-,25-,26?,28+,29-,30-/m1/s1. The van der Waals surface area contributed by atoms with Crippen LogP contribution in [0.2, 0.25) is 0 Å². The van der Waals surface area contributed by atoms with Gasteiger partial charge in [-0.25, -0.2) is 0 Å². The maximum absolute atomic E-state index is 13.3. The zero-order chi connectivity index (χ0) is 31.6. The van der Waals surface area contributed by atoms with Gasteiger partial charge < -0.3 is 49.5 Å². The average molecular weight is 591 g/mol. The summed E-state index contributed by atoms with van der Waals surface area (Å²) in [5.41, 5.74) is -3.25. The van der Waals surface area contributed by atoms with Gasteiger partial charge in [-0.1, -0.05) is 20.8 Å². The summed E-state index contributed by atoms with van der Waals surface area (Å²) >= 11 is 0. The number of hydrogen-bond donors (Lipinski definition) is 5. The lowest BCUT2D eigenvalue weighted by Crippen LogP contribution is -2.59. The third kappa shape index (κ3) is 8.39. The van der Waals surface area contributed by atoms with Crippen molar-refractivity contribution in [2.24, 2.45) is 17.8 Å². The quantitative estimate of drug-likeness (QED) is 0.298. The maximum atomic E-state index is 13.3. The molecule has 2 rings (SSSR count). The van der Waals surface area contributed by atoms with E-state index in [2.05, 4.69) is 0 Å². The van der Waals surface area contributed by atoms with Crippen molar-refractivity contribution in [1.29, 1.82) is 0 Å². The first-order chi connectivity index (χ1) is 18.8. The minimum atomic E-state index is -1.75. The molecule has 0 saturated carbocycles. The molecule has 11 nitrogen and oxygen atoms in total. The van der Waals surface area contributed by atoms with E-state index < -0.39 is 71.9 Å². The lowest BCUT2D eigenvalue weighted by atomic mass is 9.78. The van der Waals surface area contributed by atoms with Gasteiger partial charge in [0.25, 0.3) is 0 Å². The predicted molar refractivity (Wildman–Crippen MR) is 155 cm³/mol. The Hall–Kier alpha value is -0.890. The first kappa shape index (κ1) is 36.3. The Morgan fingerprint density at radius 2 is 1.63 bits per heavy atom. The lowest BCUT2D eigenvalue weighted by Gasteiger charge is -2.46. The zero-order valence-corrected chi connectivity index (χ0v) is 27.0. The molecule has 0 spiro atoms. The maximum Gasteiger partial charge on any atom is 0.311 e. The van der Waals surface area contributed by atoms with E-state index in [0.29, 0.717) is 13.0 Å². The molecule has 242 valence electrons. The minimum absolute atomic E-state index is 0.0990. The highest BCUT2D eigenvalue weighted by atomic mass is 16.7. The van der Waals surface area contributed by atoms with Crippen LogP contribution in [-0.4, -0.2) is 135 Å². The number of likely N-dealkylation sites (N-methyl/N-ethyl adjacent to an activating group) is 2. The third-order valence-corrected chi connectivity index (χ3v) is 9.46. The molecule has 2 heterocycles. The molecule has 2 fully saturated rings. The van der Waals surface area contributed by atoms with Crippen molar-refractivity contribution in [2.45, 2.75) is 141 Å². The van der Waals surface area contributed by atoms with Gasteiger partial charge in [0, 0.05) is 24.5 Å². The van der Waals surface area contributed by atoms with Crippen LogP contribution in [0.4, 0.5) is 0 Å². The lowest BCUT2D eigenvalue weighted by molar-refractivity contribution is -0.299. The van der Waals surface area contributed by atoms with Gasteiger partial charge in [0.15, 0.2) is 6.29 Å². The molecule has 41 heavy (non-hydrogen) atoms. The Morgan fingerprint density at radius 3 is 2.17 bits per heavy atom. The number of carbonyl (C=O) groups is 1. The Labute approximate surface area is 246 Å². The van der Waals surface area contributed by atoms with Gasteiger partial charge in [0.05, 0.1) is 29.8 Å². The van der Waals surface area contributed by atoms with E-state index in [1.165, 1.54) is 13.8 Å². The van der Waals surface area contributed by atoms with E-state index in [-0.39, 0.29) is 30.9 Å². The molecule has 0 aromatic heterocycles. The highest BCUT2D eigenvalue weighted by molar-refractivity contribution is 5.73. The fourth-order valence-corrected chi connectivity index (χ4v) is 6.74. The van der Waals surface area contributed by atoms with Gasteiger partial charge >= 0.3 is 5.97 Å². The van der Waals surface area contributed by atoms with Crippen LogP contribution in [-0.2, 0) is 19.0 Å². The van der Waals surface area contributed by atoms with Crippen molar-refractivity contribution >= 4 is 5.97 Å². The molecule has 0 aromatic rings. The number of cyclic esters (lactones) is 1. The summed E-state index contributed by atoms with van der Waals surface area (Å²) in [7, 11) is 5.58. The molecule has 5 N–H and O–H groups in total. The van der Waals surface area contributed by atoms with Gasteiger partial charge in [-0.3, -0.25) is 4.79 Å². The molecule has 0 radical (unpaired) electrons. The van der Waals surface area contributed by atoms with Crippen LogP contribution in [0, 0.1) is 17.8 Å². The second-order valence-electron chi connectivity index (χ2n) is 13.6. The SMILES string of the molecule is CC[C@H]1OC(=O)[C@H](C)[C@@H](O)C(C)C(O[C@@H]2O[C@H](C)C[C@H](N(C)C)[C@H]2O)[C@](C)(O)C[C@@H](C)CN(C)[C@H](C)[C@@H](O)[C@]1(C)O. The molecule has 0 aromatic carbocycles. The van der Waals surface area contributed by atoms with Crippen molar-refractivity contribution in [3.8, 4) is 0 Å². The summed E-state index contributed by atoms with van der Waals surface area (Å²) in [6, 6.07) is -0.733. The molecular weight excluding hydrogens is 532 g/mol. The topological polar surface area (TPSA) is 152 Å². The van der Waals surface area contributed by atoms with E-state index in [1.54, 1.807) is 27.7 Å². The monoisotopic (exact) mass is 590 g/mol. The zero-order valence-electron chi connectivity index (χ0n) is 27.0. The predicted octanol–water partition coefficient (Wildman–Crippen LogP) is 0.976. The van der Waals surface area contributed by atoms with E-state index in [1.807, 2.05) is 44.8 Å². The number of ether oxygens (including phenoxy) is 3. The Balaban J connectivity index is 2.52. The molecule has 2 aliphatic heterocycles. The number of hydrogen-bond acceptors (Lipinski definition) is 11. The van der Waals surface area contributed by atoms with Gasteiger partial charge in [0.2, 0.25) is 0 Å². The highest BCUT2D eigenvalue weighted by Gasteiger charge is 2.49. The van der Waals surface area contributed by atoms with Crippen molar-refractivity contribution in [2.75, 3.05) is 27.7 Å². The van der Waals surface area contributed by atoms with E-state index in [4.69, 9.17) is 14.2 Å².